The number of rotatable bonds is 42. The predicted molar refractivity (Wildman–Crippen MR) is 249 cm³/mol. The standard InChI is InChI=1S/C51H95NO8/c1-3-5-7-9-11-13-15-17-18-19-20-21-22-23-24-25-26-27-29-30-32-34-36-38-40-45(54)44(43-59-51-50(58)49(57)48(56)46(42-53)60-51)52-47(55)41-39-37-35-33-31-28-16-14-12-10-8-6-4-2/h6,8,12,14,28,31,44-46,48-51,53-54,56-58H,3-5,7,9-11,13,15-27,29-30,32-43H2,1-2H3,(H,52,55)/b8-6-,14-12-,31-28-. The summed E-state index contributed by atoms with van der Waals surface area (Å²) in [5.41, 5.74) is 0. The number of allylic oxidation sites excluding steroid dienone is 6. The number of nitrogens with one attached hydrogen (secondary N) is 1. The molecule has 1 fully saturated rings. The Morgan fingerprint density at radius 3 is 1.52 bits per heavy atom. The van der Waals surface area contributed by atoms with E-state index in [0.717, 1.165) is 64.2 Å². The molecule has 9 heteroatoms. The Morgan fingerprint density at radius 2 is 1.03 bits per heavy atom. The minimum absolute atomic E-state index is 0.150. The molecule has 7 atom stereocenters. The van der Waals surface area contributed by atoms with Crippen LogP contribution in [0.4, 0.5) is 0 Å². The molecule has 1 rings (SSSR count). The molecule has 7 unspecified atom stereocenters. The molecule has 0 radical (unpaired) electrons. The third-order valence-corrected chi connectivity index (χ3v) is 12.0. The highest BCUT2D eigenvalue weighted by Crippen LogP contribution is 2.23. The van der Waals surface area contributed by atoms with Crippen LogP contribution in [-0.4, -0.2) is 87.5 Å². The van der Waals surface area contributed by atoms with Crippen molar-refractivity contribution in [3.8, 4) is 0 Å². The Morgan fingerprint density at radius 1 is 0.583 bits per heavy atom. The van der Waals surface area contributed by atoms with Crippen LogP contribution >= 0.6 is 0 Å². The lowest BCUT2D eigenvalue weighted by Crippen LogP contribution is -2.60. The number of carbonyl (C=O) groups is 1. The van der Waals surface area contributed by atoms with E-state index in [1.807, 2.05) is 0 Å². The molecular formula is C51H95NO8. The Hall–Kier alpha value is -1.59. The lowest BCUT2D eigenvalue weighted by atomic mass is 9.99. The third kappa shape index (κ3) is 31.3. The second-order valence-corrected chi connectivity index (χ2v) is 17.6. The first kappa shape index (κ1) is 56.4. The topological polar surface area (TPSA) is 149 Å². The lowest BCUT2D eigenvalue weighted by molar-refractivity contribution is -0.302. The van der Waals surface area contributed by atoms with E-state index in [-0.39, 0.29) is 12.5 Å². The summed E-state index contributed by atoms with van der Waals surface area (Å²) in [6.45, 7) is 3.71. The van der Waals surface area contributed by atoms with Crippen molar-refractivity contribution in [2.24, 2.45) is 0 Å². The SMILES string of the molecule is CC/C=C\C/C=C\C/C=C\CCCCCC(=O)NC(COC1OC(CO)C(O)C(O)C1O)C(O)CCCCCCCCCCCCCCCCCCCCCCCCCC. The zero-order valence-electron chi connectivity index (χ0n) is 38.7. The summed E-state index contributed by atoms with van der Waals surface area (Å²) in [4.78, 5) is 13.0. The van der Waals surface area contributed by atoms with Gasteiger partial charge in [-0.15, -0.1) is 0 Å². The molecule has 1 saturated heterocycles. The molecule has 1 amide bonds. The highest BCUT2D eigenvalue weighted by molar-refractivity contribution is 5.76. The average Bonchev–Trinajstić information content (AvgIpc) is 3.25. The summed E-state index contributed by atoms with van der Waals surface area (Å²) < 4.78 is 11.3. The van der Waals surface area contributed by atoms with Gasteiger partial charge in [-0.1, -0.05) is 211 Å². The highest BCUT2D eigenvalue weighted by atomic mass is 16.7. The Kier molecular flexibility index (Phi) is 39.0. The fourth-order valence-corrected chi connectivity index (χ4v) is 8.00. The van der Waals surface area contributed by atoms with Crippen molar-refractivity contribution >= 4 is 5.91 Å². The summed E-state index contributed by atoms with van der Waals surface area (Å²) in [5, 5.41) is 54.4. The predicted octanol–water partition coefficient (Wildman–Crippen LogP) is 11.2. The quantitative estimate of drug-likeness (QED) is 0.0263. The summed E-state index contributed by atoms with van der Waals surface area (Å²) in [6, 6.07) is -0.733. The van der Waals surface area contributed by atoms with Gasteiger partial charge in [0.25, 0.3) is 0 Å². The van der Waals surface area contributed by atoms with Crippen LogP contribution in [0.5, 0.6) is 0 Å². The number of ether oxygens (including phenoxy) is 2. The molecule has 0 spiro atoms. The minimum Gasteiger partial charge on any atom is -0.394 e. The zero-order valence-corrected chi connectivity index (χ0v) is 38.7. The molecule has 1 heterocycles. The maximum atomic E-state index is 13.0. The molecule has 60 heavy (non-hydrogen) atoms. The van der Waals surface area contributed by atoms with Crippen molar-refractivity contribution in [1.29, 1.82) is 0 Å². The number of carbonyl (C=O) groups excluding carboxylic acids is 1. The molecular weight excluding hydrogens is 755 g/mol. The van der Waals surface area contributed by atoms with E-state index in [9.17, 15) is 30.3 Å². The smallest absolute Gasteiger partial charge is 0.220 e. The van der Waals surface area contributed by atoms with E-state index in [1.165, 1.54) is 135 Å². The molecule has 0 aromatic heterocycles. The number of hydrogen-bond donors (Lipinski definition) is 6. The molecule has 0 bridgehead atoms. The van der Waals surface area contributed by atoms with Crippen molar-refractivity contribution < 1.29 is 39.8 Å². The van der Waals surface area contributed by atoms with E-state index in [2.05, 4.69) is 55.6 Å². The van der Waals surface area contributed by atoms with Gasteiger partial charge in [0.1, 0.15) is 24.4 Å². The summed E-state index contributed by atoms with van der Waals surface area (Å²) in [6.07, 6.45) is 44.6. The molecule has 0 aromatic carbocycles. The fraction of sp³-hybridized carbons (Fsp3) is 0.863. The monoisotopic (exact) mass is 850 g/mol. The Labute approximate surface area is 368 Å². The van der Waals surface area contributed by atoms with Crippen LogP contribution in [0.25, 0.3) is 0 Å². The average molecular weight is 850 g/mol. The van der Waals surface area contributed by atoms with Gasteiger partial charge in [0.2, 0.25) is 5.91 Å². The second-order valence-electron chi connectivity index (χ2n) is 17.6. The van der Waals surface area contributed by atoms with Crippen molar-refractivity contribution in [2.45, 2.75) is 269 Å². The van der Waals surface area contributed by atoms with Crippen LogP contribution in [0.15, 0.2) is 36.5 Å². The molecule has 0 saturated carbocycles. The Balaban J connectivity index is 2.24. The summed E-state index contributed by atoms with van der Waals surface area (Å²) >= 11 is 0. The van der Waals surface area contributed by atoms with E-state index in [4.69, 9.17) is 9.47 Å². The molecule has 1 aliphatic heterocycles. The third-order valence-electron chi connectivity index (χ3n) is 12.0. The fourth-order valence-electron chi connectivity index (χ4n) is 8.00. The maximum Gasteiger partial charge on any atom is 0.220 e. The lowest BCUT2D eigenvalue weighted by Gasteiger charge is -2.40. The van der Waals surface area contributed by atoms with Crippen LogP contribution in [0.1, 0.15) is 226 Å². The van der Waals surface area contributed by atoms with Crippen molar-refractivity contribution in [1.82, 2.24) is 5.32 Å². The molecule has 352 valence electrons. The Bertz CT molecular complexity index is 1030. The normalized spacial score (nSPS) is 20.8. The van der Waals surface area contributed by atoms with Crippen LogP contribution in [0.3, 0.4) is 0 Å². The van der Waals surface area contributed by atoms with Crippen molar-refractivity contribution in [3.63, 3.8) is 0 Å². The number of aliphatic hydroxyl groups excluding tert-OH is 5. The van der Waals surface area contributed by atoms with Crippen molar-refractivity contribution in [3.05, 3.63) is 36.5 Å². The van der Waals surface area contributed by atoms with Gasteiger partial charge in [-0.25, -0.2) is 0 Å². The van der Waals surface area contributed by atoms with Gasteiger partial charge in [-0.05, 0) is 44.9 Å². The molecule has 9 nitrogen and oxygen atoms in total. The first-order valence-electron chi connectivity index (χ1n) is 25.2. The second kappa shape index (κ2) is 41.4. The van der Waals surface area contributed by atoms with E-state index in [1.54, 1.807) is 0 Å². The number of hydrogen-bond acceptors (Lipinski definition) is 8. The minimum atomic E-state index is -1.56. The number of amides is 1. The van der Waals surface area contributed by atoms with Gasteiger partial charge in [0.05, 0.1) is 25.4 Å². The molecule has 0 aliphatic carbocycles. The van der Waals surface area contributed by atoms with E-state index in [0.29, 0.717) is 12.8 Å². The maximum absolute atomic E-state index is 13.0. The molecule has 1 aliphatic rings. The first-order valence-corrected chi connectivity index (χ1v) is 25.2. The molecule has 6 N–H and O–H groups in total. The van der Waals surface area contributed by atoms with Crippen LogP contribution in [0, 0.1) is 0 Å². The van der Waals surface area contributed by atoms with Gasteiger partial charge in [0.15, 0.2) is 6.29 Å². The highest BCUT2D eigenvalue weighted by Gasteiger charge is 2.44. The van der Waals surface area contributed by atoms with E-state index >= 15 is 0 Å². The first-order chi connectivity index (χ1) is 29.3. The van der Waals surface area contributed by atoms with Crippen LogP contribution < -0.4 is 5.32 Å². The van der Waals surface area contributed by atoms with Gasteiger partial charge >= 0.3 is 0 Å². The van der Waals surface area contributed by atoms with Gasteiger partial charge < -0.3 is 40.3 Å². The largest absolute Gasteiger partial charge is 0.394 e. The summed E-state index contributed by atoms with van der Waals surface area (Å²) in [7, 11) is 0. The van der Waals surface area contributed by atoms with E-state index < -0.39 is 49.5 Å². The number of aliphatic hydroxyl groups is 5. The van der Waals surface area contributed by atoms with Gasteiger partial charge in [-0.2, -0.15) is 0 Å². The van der Waals surface area contributed by atoms with Crippen LogP contribution in [-0.2, 0) is 14.3 Å². The summed E-state index contributed by atoms with van der Waals surface area (Å²) in [5.74, 6) is -0.172. The number of unbranched alkanes of at least 4 members (excludes halogenated alkanes) is 26. The van der Waals surface area contributed by atoms with Crippen LogP contribution in [0.2, 0.25) is 0 Å². The van der Waals surface area contributed by atoms with Gasteiger partial charge in [0, 0.05) is 6.42 Å². The van der Waals surface area contributed by atoms with Gasteiger partial charge in [-0.3, -0.25) is 4.79 Å². The van der Waals surface area contributed by atoms with Crippen molar-refractivity contribution in [2.75, 3.05) is 13.2 Å². The zero-order chi connectivity index (χ0) is 43.7. The molecule has 0 aromatic rings.